The number of nitrogens with zero attached hydrogens (tertiary/aromatic N) is 2. The molecule has 0 unspecified atom stereocenters. The Labute approximate surface area is 97.3 Å². The summed E-state index contributed by atoms with van der Waals surface area (Å²) in [6.45, 7) is 2.16. The number of fused-ring (bicyclic) bond motifs is 1. The van der Waals surface area contributed by atoms with Crippen LogP contribution in [-0.4, -0.2) is 23.3 Å². The molecule has 0 fully saturated rings. The van der Waals surface area contributed by atoms with Crippen LogP contribution in [0.2, 0.25) is 0 Å². The van der Waals surface area contributed by atoms with E-state index in [-0.39, 0.29) is 0 Å². The topological polar surface area (TPSA) is 37.8 Å². The third-order valence-electron chi connectivity index (χ3n) is 2.17. The molecule has 2 aromatic heterocycles. The number of aryl methyl sites for hydroxylation is 1. The minimum Gasteiger partial charge on any atom is -0.357 e. The van der Waals surface area contributed by atoms with Crippen molar-refractivity contribution in [3.05, 3.63) is 10.9 Å². The van der Waals surface area contributed by atoms with E-state index in [2.05, 4.69) is 28.3 Å². The van der Waals surface area contributed by atoms with Gasteiger partial charge in [0, 0.05) is 17.3 Å². The molecule has 15 heavy (non-hydrogen) atoms. The van der Waals surface area contributed by atoms with E-state index in [0.717, 1.165) is 16.3 Å². The van der Waals surface area contributed by atoms with Crippen LogP contribution in [0.4, 0.5) is 5.95 Å². The van der Waals surface area contributed by atoms with Crippen LogP contribution in [-0.2, 0) is 6.42 Å². The molecule has 2 aromatic rings. The third-order valence-corrected chi connectivity index (χ3v) is 4.05. The predicted octanol–water partition coefficient (Wildman–Crippen LogP) is 3.02. The van der Waals surface area contributed by atoms with Crippen molar-refractivity contribution in [1.82, 2.24) is 9.97 Å². The average Bonchev–Trinajstić information content (AvgIpc) is 2.70. The van der Waals surface area contributed by atoms with Crippen LogP contribution in [0.5, 0.6) is 0 Å². The van der Waals surface area contributed by atoms with Gasteiger partial charge in [-0.3, -0.25) is 0 Å². The first kappa shape index (κ1) is 10.7. The first-order valence-corrected chi connectivity index (χ1v) is 6.84. The van der Waals surface area contributed by atoms with E-state index in [1.165, 1.54) is 10.3 Å². The lowest BCUT2D eigenvalue weighted by molar-refractivity contribution is 1.10. The SMILES string of the molecule is CCc1cc2c(SC)nc(NC)nc2s1. The zero-order valence-electron chi connectivity index (χ0n) is 9.00. The maximum absolute atomic E-state index is 4.45. The Kier molecular flexibility index (Phi) is 3.11. The van der Waals surface area contributed by atoms with Crippen LogP contribution < -0.4 is 5.32 Å². The maximum Gasteiger partial charge on any atom is 0.224 e. The van der Waals surface area contributed by atoms with Gasteiger partial charge in [0.05, 0.1) is 0 Å². The first-order chi connectivity index (χ1) is 7.28. The van der Waals surface area contributed by atoms with Crippen molar-refractivity contribution in [2.75, 3.05) is 18.6 Å². The molecular formula is C10H13N3S2. The summed E-state index contributed by atoms with van der Waals surface area (Å²) < 4.78 is 0. The van der Waals surface area contributed by atoms with Crippen LogP contribution >= 0.6 is 23.1 Å². The summed E-state index contributed by atoms with van der Waals surface area (Å²) in [6.07, 6.45) is 3.11. The Balaban J connectivity index is 2.66. The summed E-state index contributed by atoms with van der Waals surface area (Å²) in [5, 5.41) is 5.23. The molecule has 0 saturated carbocycles. The lowest BCUT2D eigenvalue weighted by atomic mass is 10.3. The van der Waals surface area contributed by atoms with Crippen molar-refractivity contribution in [3.63, 3.8) is 0 Å². The zero-order valence-corrected chi connectivity index (χ0v) is 10.6. The molecule has 2 heterocycles. The van der Waals surface area contributed by atoms with Crippen LogP contribution in [0.1, 0.15) is 11.8 Å². The Bertz CT molecular complexity index is 479. The van der Waals surface area contributed by atoms with Gasteiger partial charge in [0.15, 0.2) is 0 Å². The summed E-state index contributed by atoms with van der Waals surface area (Å²) in [5.74, 6) is 0.705. The average molecular weight is 239 g/mol. The number of rotatable bonds is 3. The molecule has 0 saturated heterocycles. The molecule has 3 nitrogen and oxygen atoms in total. The molecule has 0 aliphatic rings. The van der Waals surface area contributed by atoms with E-state index in [1.807, 2.05) is 13.3 Å². The number of hydrogen-bond donors (Lipinski definition) is 1. The smallest absolute Gasteiger partial charge is 0.224 e. The molecule has 1 N–H and O–H groups in total. The molecular weight excluding hydrogens is 226 g/mol. The molecule has 0 aromatic carbocycles. The Morgan fingerprint density at radius 3 is 2.87 bits per heavy atom. The Morgan fingerprint density at radius 2 is 2.27 bits per heavy atom. The second-order valence-electron chi connectivity index (χ2n) is 3.09. The molecule has 0 spiro atoms. The van der Waals surface area contributed by atoms with E-state index in [9.17, 15) is 0 Å². The van der Waals surface area contributed by atoms with Crippen LogP contribution in [0.25, 0.3) is 10.2 Å². The third kappa shape index (κ3) is 1.94. The van der Waals surface area contributed by atoms with E-state index in [0.29, 0.717) is 5.95 Å². The predicted molar refractivity (Wildman–Crippen MR) is 68.1 cm³/mol. The summed E-state index contributed by atoms with van der Waals surface area (Å²) in [6, 6.07) is 2.20. The summed E-state index contributed by atoms with van der Waals surface area (Å²) in [7, 11) is 1.85. The van der Waals surface area contributed by atoms with Gasteiger partial charge in [-0.1, -0.05) is 6.92 Å². The minimum atomic E-state index is 0.705. The molecule has 0 aliphatic heterocycles. The molecule has 80 valence electrons. The number of thiophene rings is 1. The van der Waals surface area contributed by atoms with Crippen molar-refractivity contribution >= 4 is 39.3 Å². The Hall–Kier alpha value is -0.810. The normalized spacial score (nSPS) is 10.9. The highest BCUT2D eigenvalue weighted by Crippen LogP contribution is 2.31. The monoisotopic (exact) mass is 239 g/mol. The lowest BCUT2D eigenvalue weighted by Gasteiger charge is -2.01. The van der Waals surface area contributed by atoms with Gasteiger partial charge in [0.25, 0.3) is 0 Å². The van der Waals surface area contributed by atoms with Gasteiger partial charge >= 0.3 is 0 Å². The van der Waals surface area contributed by atoms with Crippen molar-refractivity contribution in [2.45, 2.75) is 18.4 Å². The van der Waals surface area contributed by atoms with E-state index in [1.54, 1.807) is 23.1 Å². The summed E-state index contributed by atoms with van der Waals surface area (Å²) >= 11 is 3.42. The fourth-order valence-electron chi connectivity index (χ4n) is 1.39. The van der Waals surface area contributed by atoms with Crippen molar-refractivity contribution in [2.24, 2.45) is 0 Å². The molecule has 0 bridgehead atoms. The maximum atomic E-state index is 4.45. The molecule has 2 rings (SSSR count). The molecule has 0 amide bonds. The van der Waals surface area contributed by atoms with E-state index in [4.69, 9.17) is 0 Å². The molecule has 0 radical (unpaired) electrons. The van der Waals surface area contributed by atoms with Gasteiger partial charge in [-0.25, -0.2) is 9.97 Å². The van der Waals surface area contributed by atoms with Crippen LogP contribution in [0, 0.1) is 0 Å². The zero-order chi connectivity index (χ0) is 10.8. The van der Waals surface area contributed by atoms with Gasteiger partial charge in [-0.2, -0.15) is 0 Å². The molecule has 0 atom stereocenters. The van der Waals surface area contributed by atoms with Crippen molar-refractivity contribution < 1.29 is 0 Å². The van der Waals surface area contributed by atoms with Gasteiger partial charge in [-0.15, -0.1) is 23.1 Å². The summed E-state index contributed by atoms with van der Waals surface area (Å²) in [5.41, 5.74) is 0. The Morgan fingerprint density at radius 1 is 1.47 bits per heavy atom. The first-order valence-electron chi connectivity index (χ1n) is 4.80. The van der Waals surface area contributed by atoms with E-state index < -0.39 is 0 Å². The number of aromatic nitrogens is 2. The second-order valence-corrected chi connectivity index (χ2v) is 5.00. The minimum absolute atomic E-state index is 0.705. The second kappa shape index (κ2) is 4.37. The lowest BCUT2D eigenvalue weighted by Crippen LogP contribution is -1.96. The number of thioether (sulfide) groups is 1. The highest BCUT2D eigenvalue weighted by molar-refractivity contribution is 7.98. The van der Waals surface area contributed by atoms with Crippen molar-refractivity contribution in [1.29, 1.82) is 0 Å². The largest absolute Gasteiger partial charge is 0.357 e. The van der Waals surface area contributed by atoms with Crippen molar-refractivity contribution in [3.8, 4) is 0 Å². The molecule has 0 aliphatic carbocycles. The van der Waals surface area contributed by atoms with E-state index >= 15 is 0 Å². The standard InChI is InChI=1S/C10H13N3S2/c1-4-6-5-7-8(14-3)12-10(11-2)13-9(7)15-6/h5H,4H2,1-3H3,(H,11,12,13). The number of nitrogens with one attached hydrogen (secondary N) is 1. The van der Waals surface area contributed by atoms with Crippen LogP contribution in [0.3, 0.4) is 0 Å². The number of anilines is 1. The molecule has 5 heteroatoms. The fraction of sp³-hybridized carbons (Fsp3) is 0.400. The fourth-order valence-corrected chi connectivity index (χ4v) is 2.97. The van der Waals surface area contributed by atoms with Gasteiger partial charge in [-0.05, 0) is 18.7 Å². The summed E-state index contributed by atoms with van der Waals surface area (Å²) in [4.78, 5) is 11.3. The van der Waals surface area contributed by atoms with Gasteiger partial charge in [0.2, 0.25) is 5.95 Å². The highest BCUT2D eigenvalue weighted by atomic mass is 32.2. The highest BCUT2D eigenvalue weighted by Gasteiger charge is 2.09. The quantitative estimate of drug-likeness (QED) is 0.660. The van der Waals surface area contributed by atoms with Gasteiger partial charge in [0.1, 0.15) is 9.86 Å². The number of hydrogen-bond acceptors (Lipinski definition) is 5. The van der Waals surface area contributed by atoms with Crippen LogP contribution in [0.15, 0.2) is 11.1 Å². The van der Waals surface area contributed by atoms with Gasteiger partial charge < -0.3 is 5.32 Å².